The zero-order valence-corrected chi connectivity index (χ0v) is 17.8. The van der Waals surface area contributed by atoms with Crippen LogP contribution in [0.5, 0.6) is 0 Å². The molecule has 0 saturated carbocycles. The lowest BCUT2D eigenvalue weighted by Gasteiger charge is -2.12. The molecule has 2 aromatic heterocycles. The van der Waals surface area contributed by atoms with Gasteiger partial charge in [-0.1, -0.05) is 65.9 Å². The van der Waals surface area contributed by atoms with Gasteiger partial charge in [0.1, 0.15) is 5.52 Å². The van der Waals surface area contributed by atoms with Gasteiger partial charge >= 0.3 is 0 Å². The van der Waals surface area contributed by atoms with Crippen LogP contribution in [0.1, 0.15) is 23.6 Å². The first kappa shape index (κ1) is 18.6. The van der Waals surface area contributed by atoms with Crippen molar-refractivity contribution in [3.8, 4) is 5.69 Å². The highest BCUT2D eigenvalue weighted by Crippen LogP contribution is 2.29. The maximum Gasteiger partial charge on any atom is 0.113 e. The molecule has 4 heteroatoms. The van der Waals surface area contributed by atoms with Gasteiger partial charge in [-0.15, -0.1) is 5.10 Å². The van der Waals surface area contributed by atoms with E-state index in [-0.39, 0.29) is 0 Å². The van der Waals surface area contributed by atoms with E-state index in [1.54, 1.807) is 0 Å². The summed E-state index contributed by atoms with van der Waals surface area (Å²) in [5, 5.41) is 9.91. The van der Waals surface area contributed by atoms with E-state index in [4.69, 9.17) is 0 Å². The molecule has 2 heterocycles. The molecule has 4 nitrogen and oxygen atoms in total. The number of rotatable bonds is 3. The lowest BCUT2D eigenvalue weighted by Crippen LogP contribution is -1.97. The maximum absolute atomic E-state index is 4.39. The van der Waals surface area contributed by atoms with Gasteiger partial charge in [0.05, 0.1) is 11.2 Å². The zero-order valence-electron chi connectivity index (χ0n) is 17.8. The number of H-pyrrole nitrogens is 1. The van der Waals surface area contributed by atoms with E-state index in [9.17, 15) is 0 Å². The molecule has 3 aromatic carbocycles. The van der Waals surface area contributed by atoms with E-state index in [1.165, 1.54) is 33.2 Å². The largest absolute Gasteiger partial charge is 0.361 e. The van der Waals surface area contributed by atoms with Gasteiger partial charge in [0.15, 0.2) is 0 Å². The van der Waals surface area contributed by atoms with Crippen LogP contribution in [0.3, 0.4) is 0 Å². The molecule has 0 saturated heterocycles. The van der Waals surface area contributed by atoms with Crippen molar-refractivity contribution in [3.05, 3.63) is 113 Å². The third kappa shape index (κ3) is 3.17. The Hall–Kier alpha value is -4.18. The molecule has 0 bridgehead atoms. The Balaban J connectivity index is 1.43. The highest BCUT2D eigenvalue weighted by molar-refractivity contribution is 5.87. The molecule has 1 aliphatic carbocycles. The van der Waals surface area contributed by atoms with Crippen LogP contribution >= 0.6 is 0 Å². The van der Waals surface area contributed by atoms with Crippen molar-refractivity contribution in [3.63, 3.8) is 0 Å². The number of benzene rings is 3. The van der Waals surface area contributed by atoms with Crippen molar-refractivity contribution in [2.45, 2.75) is 13.3 Å². The molecule has 0 fully saturated rings. The molecule has 0 spiro atoms. The van der Waals surface area contributed by atoms with E-state index in [0.29, 0.717) is 0 Å². The molecule has 154 valence electrons. The minimum atomic E-state index is 0.853. The number of aromatic nitrogens is 4. The molecule has 0 aliphatic heterocycles. The summed E-state index contributed by atoms with van der Waals surface area (Å²) < 4.78 is 1.91. The standard InChI is InChI=1S/C28H22N4/c1-19-7-6-10-20-8-2-3-9-21(20)15-22(19)16-23-18-29-26-14-13-24(17-25(23)26)32-28-12-5-4-11-27(28)30-31-32/h2-15,17-18,29H,16H2,1H3/b7-6?,10-6+,19-7?,20-10?,21-15?,22-15?,22-19?. The average molecular weight is 415 g/mol. The van der Waals surface area contributed by atoms with Crippen LogP contribution in [0.2, 0.25) is 0 Å². The van der Waals surface area contributed by atoms with Crippen LogP contribution in [-0.2, 0) is 6.42 Å². The van der Waals surface area contributed by atoms with Gasteiger partial charge in [-0.3, -0.25) is 0 Å². The molecule has 1 aliphatic rings. The molecule has 0 amide bonds. The topological polar surface area (TPSA) is 46.5 Å². The molecule has 0 unspecified atom stereocenters. The maximum atomic E-state index is 4.39. The van der Waals surface area contributed by atoms with E-state index >= 15 is 0 Å². The summed E-state index contributed by atoms with van der Waals surface area (Å²) in [6, 6.07) is 23.0. The van der Waals surface area contributed by atoms with Crippen LogP contribution in [-0.4, -0.2) is 20.0 Å². The third-order valence-corrected chi connectivity index (χ3v) is 6.18. The fraction of sp³-hybridized carbons (Fsp3) is 0.0714. The number of nitrogens with zero attached hydrogens (tertiary/aromatic N) is 3. The van der Waals surface area contributed by atoms with E-state index < -0.39 is 0 Å². The smallest absolute Gasteiger partial charge is 0.113 e. The first-order chi connectivity index (χ1) is 15.8. The predicted molar refractivity (Wildman–Crippen MR) is 132 cm³/mol. The van der Waals surface area contributed by atoms with Gasteiger partial charge < -0.3 is 4.98 Å². The zero-order chi connectivity index (χ0) is 21.5. The monoisotopic (exact) mass is 414 g/mol. The fourth-order valence-corrected chi connectivity index (χ4v) is 4.40. The summed E-state index contributed by atoms with van der Waals surface area (Å²) in [7, 11) is 0. The first-order valence-corrected chi connectivity index (χ1v) is 10.8. The molecule has 0 atom stereocenters. The Morgan fingerprint density at radius 3 is 2.72 bits per heavy atom. The summed E-state index contributed by atoms with van der Waals surface area (Å²) in [5.41, 5.74) is 10.4. The summed E-state index contributed by atoms with van der Waals surface area (Å²) in [5.74, 6) is 0. The SMILES string of the molecule is CC1=C/C=C/c2ccccc2C=C1Cc1c[nH]c2ccc(-n3nnc4ccccc43)cc12. The Kier molecular flexibility index (Phi) is 4.36. The number of aromatic amines is 1. The second-order valence-electron chi connectivity index (χ2n) is 8.22. The second kappa shape index (κ2) is 7.50. The van der Waals surface area contributed by atoms with Gasteiger partial charge in [-0.25, -0.2) is 4.68 Å². The van der Waals surface area contributed by atoms with Crippen molar-refractivity contribution in [1.29, 1.82) is 0 Å². The van der Waals surface area contributed by atoms with Gasteiger partial charge in [0, 0.05) is 17.1 Å². The van der Waals surface area contributed by atoms with Crippen molar-refractivity contribution in [2.24, 2.45) is 0 Å². The van der Waals surface area contributed by atoms with Crippen LogP contribution in [0, 0.1) is 0 Å². The van der Waals surface area contributed by atoms with Gasteiger partial charge in [-0.05, 0) is 71.5 Å². The summed E-state index contributed by atoms with van der Waals surface area (Å²) in [6.07, 6.45) is 11.8. The molecule has 5 aromatic rings. The quantitative estimate of drug-likeness (QED) is 0.366. The minimum absolute atomic E-state index is 0.853. The van der Waals surface area contributed by atoms with Gasteiger partial charge in [0.2, 0.25) is 0 Å². The number of hydrogen-bond donors (Lipinski definition) is 1. The van der Waals surface area contributed by atoms with Crippen LogP contribution in [0.4, 0.5) is 0 Å². The van der Waals surface area contributed by atoms with E-state index in [2.05, 4.69) is 101 Å². The highest BCUT2D eigenvalue weighted by Gasteiger charge is 2.12. The summed E-state index contributed by atoms with van der Waals surface area (Å²) >= 11 is 0. The second-order valence-corrected chi connectivity index (χ2v) is 8.22. The summed E-state index contributed by atoms with van der Waals surface area (Å²) in [6.45, 7) is 2.19. The van der Waals surface area contributed by atoms with Crippen molar-refractivity contribution >= 4 is 34.1 Å². The molecule has 1 N–H and O–H groups in total. The summed E-state index contributed by atoms with van der Waals surface area (Å²) in [4.78, 5) is 3.44. The molecule has 6 rings (SSSR count). The van der Waals surface area contributed by atoms with Gasteiger partial charge in [-0.2, -0.15) is 0 Å². The minimum Gasteiger partial charge on any atom is -0.361 e. The highest BCUT2D eigenvalue weighted by atomic mass is 15.4. The fourth-order valence-electron chi connectivity index (χ4n) is 4.40. The number of allylic oxidation sites excluding steroid dienone is 4. The number of fused-ring (bicyclic) bond motifs is 3. The molecule has 0 radical (unpaired) electrons. The Labute approximate surface area is 186 Å². The Morgan fingerprint density at radius 1 is 0.938 bits per heavy atom. The van der Waals surface area contributed by atoms with Crippen LogP contribution < -0.4 is 0 Å². The first-order valence-electron chi connectivity index (χ1n) is 10.8. The molecular weight excluding hydrogens is 392 g/mol. The van der Waals surface area contributed by atoms with Crippen LogP contribution in [0.25, 0.3) is 39.8 Å². The van der Waals surface area contributed by atoms with E-state index in [0.717, 1.165) is 28.7 Å². The van der Waals surface area contributed by atoms with E-state index in [1.807, 2.05) is 22.9 Å². The molecular formula is C28H22N4. The lowest BCUT2D eigenvalue weighted by atomic mass is 9.93. The van der Waals surface area contributed by atoms with Gasteiger partial charge in [0.25, 0.3) is 0 Å². The van der Waals surface area contributed by atoms with Crippen LogP contribution in [0.15, 0.2) is 96.2 Å². The van der Waals surface area contributed by atoms with Crippen molar-refractivity contribution in [2.75, 3.05) is 0 Å². The number of para-hydroxylation sites is 1. The Bertz CT molecular complexity index is 1560. The Morgan fingerprint density at radius 2 is 1.78 bits per heavy atom. The van der Waals surface area contributed by atoms with Crippen molar-refractivity contribution < 1.29 is 0 Å². The normalized spacial score (nSPS) is 14.5. The predicted octanol–water partition coefficient (Wildman–Crippen LogP) is 6.50. The third-order valence-electron chi connectivity index (χ3n) is 6.18. The number of nitrogens with one attached hydrogen (secondary N) is 1. The average Bonchev–Trinajstić information content (AvgIpc) is 3.42. The van der Waals surface area contributed by atoms with Crippen molar-refractivity contribution in [1.82, 2.24) is 20.0 Å². The molecule has 32 heavy (non-hydrogen) atoms. The lowest BCUT2D eigenvalue weighted by molar-refractivity contribution is 0.825. The number of hydrogen-bond acceptors (Lipinski definition) is 2.